The molecule has 1 heteroatoms. The molecule has 1 aromatic rings. The first-order chi connectivity index (χ1) is 7.86. The monoisotopic (exact) mass is 217 g/mol. The third-order valence-corrected chi connectivity index (χ3v) is 2.78. The van der Waals surface area contributed by atoms with Gasteiger partial charge in [-0.2, -0.15) is 0 Å². The lowest BCUT2D eigenvalue weighted by atomic mass is 10.0. The van der Waals surface area contributed by atoms with Crippen LogP contribution in [-0.2, 0) is 6.42 Å². The van der Waals surface area contributed by atoms with Gasteiger partial charge in [0.05, 0.1) is 0 Å². The summed E-state index contributed by atoms with van der Waals surface area (Å²) in [4.78, 5) is 0. The van der Waals surface area contributed by atoms with Crippen LogP contribution < -0.4 is 5.32 Å². The van der Waals surface area contributed by atoms with Gasteiger partial charge >= 0.3 is 0 Å². The van der Waals surface area contributed by atoms with Crippen LogP contribution in [0.2, 0.25) is 0 Å². The van der Waals surface area contributed by atoms with Gasteiger partial charge in [-0.3, -0.25) is 0 Å². The van der Waals surface area contributed by atoms with Crippen LogP contribution in [0.5, 0.6) is 0 Å². The minimum Gasteiger partial charge on any atom is -0.314 e. The molecule has 0 aromatic heterocycles. The van der Waals surface area contributed by atoms with Crippen LogP contribution in [0.1, 0.15) is 31.7 Å². The van der Waals surface area contributed by atoms with Crippen LogP contribution in [0.15, 0.2) is 43.0 Å². The Hall–Kier alpha value is -1.08. The van der Waals surface area contributed by atoms with Gasteiger partial charge in [-0.05, 0) is 37.8 Å². The quantitative estimate of drug-likeness (QED) is 0.518. The van der Waals surface area contributed by atoms with Crippen LogP contribution >= 0.6 is 0 Å². The summed E-state index contributed by atoms with van der Waals surface area (Å²) in [6, 6.07) is 11.3. The molecule has 1 rings (SSSR count). The molecule has 1 nitrogen and oxygen atoms in total. The third-order valence-electron chi connectivity index (χ3n) is 2.78. The maximum absolute atomic E-state index is 3.77. The van der Waals surface area contributed by atoms with E-state index in [9.17, 15) is 0 Å². The molecule has 0 aliphatic heterocycles. The van der Waals surface area contributed by atoms with E-state index in [-0.39, 0.29) is 0 Å². The summed E-state index contributed by atoms with van der Waals surface area (Å²) in [5, 5.41) is 3.56. The number of nitrogens with one attached hydrogen (secondary N) is 1. The molecule has 1 aromatic carbocycles. The second-order valence-electron chi connectivity index (χ2n) is 4.16. The van der Waals surface area contributed by atoms with E-state index < -0.39 is 0 Å². The molecule has 1 unspecified atom stereocenters. The highest BCUT2D eigenvalue weighted by Crippen LogP contribution is 2.09. The average Bonchev–Trinajstić information content (AvgIpc) is 2.31. The van der Waals surface area contributed by atoms with E-state index in [0.717, 1.165) is 19.4 Å². The minimum absolute atomic E-state index is 0.604. The average molecular weight is 217 g/mol. The molecule has 0 spiro atoms. The van der Waals surface area contributed by atoms with Gasteiger partial charge in [0, 0.05) is 6.04 Å². The van der Waals surface area contributed by atoms with Gasteiger partial charge in [0.15, 0.2) is 0 Å². The zero-order valence-corrected chi connectivity index (χ0v) is 10.3. The summed E-state index contributed by atoms with van der Waals surface area (Å²) in [5.41, 5.74) is 1.42. The van der Waals surface area contributed by atoms with Gasteiger partial charge in [0.25, 0.3) is 0 Å². The molecule has 0 fully saturated rings. The standard InChI is InChI=1S/C15H23N/c1-3-5-7-12-15(16-4-2)13-14-10-8-6-9-11-14/h3,6,8-11,15-16H,1,4-5,7,12-13H2,2H3. The molecule has 0 saturated carbocycles. The fourth-order valence-corrected chi connectivity index (χ4v) is 1.97. The normalized spacial score (nSPS) is 12.3. The second kappa shape index (κ2) is 8.12. The van der Waals surface area contributed by atoms with Crippen molar-refractivity contribution in [1.82, 2.24) is 5.32 Å². The fraction of sp³-hybridized carbons (Fsp3) is 0.467. The Morgan fingerprint density at radius 3 is 2.69 bits per heavy atom. The van der Waals surface area contributed by atoms with Gasteiger partial charge in [-0.15, -0.1) is 6.58 Å². The van der Waals surface area contributed by atoms with E-state index in [1.807, 2.05) is 6.08 Å². The first-order valence-electron chi connectivity index (χ1n) is 6.25. The first kappa shape index (κ1) is 13.0. The van der Waals surface area contributed by atoms with Gasteiger partial charge in [-0.25, -0.2) is 0 Å². The smallest absolute Gasteiger partial charge is 0.0107 e. The number of likely N-dealkylation sites (N-methyl/N-ethyl adjacent to an activating group) is 1. The summed E-state index contributed by atoms with van der Waals surface area (Å²) in [5.74, 6) is 0. The molecule has 1 atom stereocenters. The van der Waals surface area contributed by atoms with Crippen LogP contribution in [0.3, 0.4) is 0 Å². The molecule has 0 saturated heterocycles. The summed E-state index contributed by atoms with van der Waals surface area (Å²) in [7, 11) is 0. The lowest BCUT2D eigenvalue weighted by molar-refractivity contribution is 0.478. The highest BCUT2D eigenvalue weighted by Gasteiger charge is 2.07. The molecule has 0 bridgehead atoms. The molecule has 1 N–H and O–H groups in total. The van der Waals surface area contributed by atoms with Crippen molar-refractivity contribution in [2.24, 2.45) is 0 Å². The molecule has 0 aliphatic rings. The number of unbranched alkanes of at least 4 members (excludes halogenated alkanes) is 1. The minimum atomic E-state index is 0.604. The molecule has 88 valence electrons. The number of hydrogen-bond acceptors (Lipinski definition) is 1. The van der Waals surface area contributed by atoms with E-state index in [1.54, 1.807) is 0 Å². The van der Waals surface area contributed by atoms with Crippen molar-refractivity contribution in [1.29, 1.82) is 0 Å². The Balaban J connectivity index is 2.40. The van der Waals surface area contributed by atoms with Crippen molar-refractivity contribution in [2.45, 2.75) is 38.6 Å². The molecule has 0 radical (unpaired) electrons. The lowest BCUT2D eigenvalue weighted by Gasteiger charge is -2.17. The van der Waals surface area contributed by atoms with Crippen molar-refractivity contribution >= 4 is 0 Å². The fourth-order valence-electron chi connectivity index (χ4n) is 1.97. The molecule has 0 aliphatic carbocycles. The highest BCUT2D eigenvalue weighted by atomic mass is 14.9. The number of allylic oxidation sites excluding steroid dienone is 1. The Bertz CT molecular complexity index is 279. The Morgan fingerprint density at radius 2 is 2.06 bits per heavy atom. The highest BCUT2D eigenvalue weighted by molar-refractivity contribution is 5.15. The molecule has 16 heavy (non-hydrogen) atoms. The van der Waals surface area contributed by atoms with Crippen molar-refractivity contribution in [3.05, 3.63) is 48.6 Å². The third kappa shape index (κ3) is 5.13. The largest absolute Gasteiger partial charge is 0.314 e. The van der Waals surface area contributed by atoms with Crippen LogP contribution in [0.4, 0.5) is 0 Å². The Labute approximate surface area is 99.6 Å². The topological polar surface area (TPSA) is 12.0 Å². The Kier molecular flexibility index (Phi) is 6.59. The van der Waals surface area contributed by atoms with E-state index in [0.29, 0.717) is 6.04 Å². The number of rotatable bonds is 8. The molecular weight excluding hydrogens is 194 g/mol. The molecule has 0 amide bonds. The van der Waals surface area contributed by atoms with Crippen molar-refractivity contribution < 1.29 is 0 Å². The molecule has 0 heterocycles. The van der Waals surface area contributed by atoms with Gasteiger partial charge < -0.3 is 5.32 Å². The van der Waals surface area contributed by atoms with Crippen molar-refractivity contribution in [3.8, 4) is 0 Å². The Morgan fingerprint density at radius 1 is 1.31 bits per heavy atom. The predicted octanol–water partition coefficient (Wildman–Crippen LogP) is 3.56. The van der Waals surface area contributed by atoms with Gasteiger partial charge in [0.2, 0.25) is 0 Å². The van der Waals surface area contributed by atoms with Gasteiger partial charge in [0.1, 0.15) is 0 Å². The lowest BCUT2D eigenvalue weighted by Crippen LogP contribution is -2.30. The predicted molar refractivity (Wildman–Crippen MR) is 71.7 cm³/mol. The number of hydrogen-bond donors (Lipinski definition) is 1. The maximum Gasteiger partial charge on any atom is 0.0107 e. The van der Waals surface area contributed by atoms with E-state index in [1.165, 1.54) is 18.4 Å². The molecular formula is C15H23N. The van der Waals surface area contributed by atoms with E-state index >= 15 is 0 Å². The SMILES string of the molecule is C=CCCCC(Cc1ccccc1)NCC. The second-order valence-corrected chi connectivity index (χ2v) is 4.16. The van der Waals surface area contributed by atoms with Crippen LogP contribution in [0.25, 0.3) is 0 Å². The van der Waals surface area contributed by atoms with Crippen molar-refractivity contribution in [3.63, 3.8) is 0 Å². The number of benzene rings is 1. The summed E-state index contributed by atoms with van der Waals surface area (Å²) in [6.07, 6.45) is 6.72. The first-order valence-corrected chi connectivity index (χ1v) is 6.25. The van der Waals surface area contributed by atoms with E-state index in [2.05, 4.69) is 49.2 Å². The van der Waals surface area contributed by atoms with Crippen molar-refractivity contribution in [2.75, 3.05) is 6.54 Å². The summed E-state index contributed by atoms with van der Waals surface area (Å²) >= 11 is 0. The zero-order chi connectivity index (χ0) is 11.6. The maximum atomic E-state index is 3.77. The summed E-state index contributed by atoms with van der Waals surface area (Å²) in [6.45, 7) is 6.99. The van der Waals surface area contributed by atoms with Crippen LogP contribution in [-0.4, -0.2) is 12.6 Å². The van der Waals surface area contributed by atoms with Crippen LogP contribution in [0, 0.1) is 0 Å². The van der Waals surface area contributed by atoms with E-state index in [4.69, 9.17) is 0 Å². The zero-order valence-electron chi connectivity index (χ0n) is 10.3. The summed E-state index contributed by atoms with van der Waals surface area (Å²) < 4.78 is 0. The van der Waals surface area contributed by atoms with Gasteiger partial charge in [-0.1, -0.05) is 43.3 Å².